The summed E-state index contributed by atoms with van der Waals surface area (Å²) in [7, 11) is 0. The van der Waals surface area contributed by atoms with E-state index in [1.54, 1.807) is 4.90 Å². The van der Waals surface area contributed by atoms with Crippen molar-refractivity contribution in [1.82, 2.24) is 15.1 Å². The second-order valence-corrected chi connectivity index (χ2v) is 8.16. The number of amides is 3. The third kappa shape index (κ3) is 5.56. The standard InChI is InChI=1S/C21H33N3O3/c25-16-23-12-14-24(15-13-23)21(27)19-8-6-18(7-9-19)20(26)22-11-10-17-4-2-1-3-5-17/h4,16,18-19H,1-3,5-15H2,(H,22,26). The highest BCUT2D eigenvalue weighted by Gasteiger charge is 2.33. The minimum Gasteiger partial charge on any atom is -0.356 e. The topological polar surface area (TPSA) is 69.7 Å². The van der Waals surface area contributed by atoms with Gasteiger partial charge >= 0.3 is 0 Å². The molecule has 0 aromatic heterocycles. The summed E-state index contributed by atoms with van der Waals surface area (Å²) in [6, 6.07) is 0. The molecule has 0 radical (unpaired) electrons. The fourth-order valence-corrected chi connectivity index (χ4v) is 4.53. The van der Waals surface area contributed by atoms with Gasteiger partial charge in [-0.3, -0.25) is 14.4 Å². The molecule has 1 heterocycles. The predicted octanol–water partition coefficient (Wildman–Crippen LogP) is 2.10. The van der Waals surface area contributed by atoms with Crippen LogP contribution in [0.15, 0.2) is 11.6 Å². The van der Waals surface area contributed by atoms with Crippen molar-refractivity contribution in [2.75, 3.05) is 32.7 Å². The van der Waals surface area contributed by atoms with E-state index in [1.165, 1.54) is 31.3 Å². The van der Waals surface area contributed by atoms with E-state index < -0.39 is 0 Å². The van der Waals surface area contributed by atoms with Crippen LogP contribution in [0.4, 0.5) is 0 Å². The van der Waals surface area contributed by atoms with Crippen LogP contribution in [0.5, 0.6) is 0 Å². The van der Waals surface area contributed by atoms with Gasteiger partial charge in [0.05, 0.1) is 0 Å². The molecular weight excluding hydrogens is 342 g/mol. The number of carbonyl (C=O) groups excluding carboxylic acids is 3. The molecular formula is C21H33N3O3. The van der Waals surface area contributed by atoms with Crippen LogP contribution in [0.2, 0.25) is 0 Å². The number of rotatable bonds is 6. The molecule has 1 saturated carbocycles. The molecule has 2 aliphatic carbocycles. The lowest BCUT2D eigenvalue weighted by molar-refractivity contribution is -0.141. The summed E-state index contributed by atoms with van der Waals surface area (Å²) in [5, 5.41) is 3.10. The highest BCUT2D eigenvalue weighted by Crippen LogP contribution is 2.30. The summed E-state index contributed by atoms with van der Waals surface area (Å²) in [5.41, 5.74) is 1.49. The average molecular weight is 376 g/mol. The lowest BCUT2D eigenvalue weighted by Gasteiger charge is -2.36. The van der Waals surface area contributed by atoms with Crippen molar-refractivity contribution in [2.45, 2.75) is 57.8 Å². The zero-order valence-electron chi connectivity index (χ0n) is 16.3. The maximum atomic E-state index is 12.7. The van der Waals surface area contributed by atoms with Gasteiger partial charge in [0.1, 0.15) is 0 Å². The van der Waals surface area contributed by atoms with Crippen LogP contribution in [0.25, 0.3) is 0 Å². The monoisotopic (exact) mass is 375 g/mol. The Hall–Kier alpha value is -1.85. The molecule has 27 heavy (non-hydrogen) atoms. The van der Waals surface area contributed by atoms with Gasteiger partial charge in [0, 0.05) is 44.6 Å². The summed E-state index contributed by atoms with van der Waals surface area (Å²) in [6.45, 7) is 3.26. The van der Waals surface area contributed by atoms with Crippen LogP contribution in [-0.4, -0.2) is 60.7 Å². The second-order valence-electron chi connectivity index (χ2n) is 8.16. The van der Waals surface area contributed by atoms with Crippen molar-refractivity contribution in [3.05, 3.63) is 11.6 Å². The molecule has 1 N–H and O–H groups in total. The third-order valence-corrected chi connectivity index (χ3v) is 6.35. The van der Waals surface area contributed by atoms with E-state index in [9.17, 15) is 14.4 Å². The summed E-state index contributed by atoms with van der Waals surface area (Å²) in [5.74, 6) is 0.478. The highest BCUT2D eigenvalue weighted by molar-refractivity contribution is 5.81. The van der Waals surface area contributed by atoms with Crippen LogP contribution in [-0.2, 0) is 14.4 Å². The Labute approximate surface area is 162 Å². The smallest absolute Gasteiger partial charge is 0.225 e. The van der Waals surface area contributed by atoms with E-state index in [1.807, 2.05) is 4.90 Å². The molecule has 2 fully saturated rings. The van der Waals surface area contributed by atoms with Crippen LogP contribution in [0.3, 0.4) is 0 Å². The van der Waals surface area contributed by atoms with E-state index in [0.29, 0.717) is 26.2 Å². The van der Waals surface area contributed by atoms with Crippen LogP contribution < -0.4 is 5.32 Å². The van der Waals surface area contributed by atoms with Gasteiger partial charge in [-0.25, -0.2) is 0 Å². The van der Waals surface area contributed by atoms with Gasteiger partial charge in [-0.05, 0) is 57.8 Å². The molecule has 0 aromatic rings. The minimum absolute atomic E-state index is 0.0456. The Morgan fingerprint density at radius 3 is 2.37 bits per heavy atom. The number of carbonyl (C=O) groups is 3. The van der Waals surface area contributed by atoms with E-state index in [-0.39, 0.29) is 23.7 Å². The molecule has 0 spiro atoms. The van der Waals surface area contributed by atoms with E-state index in [4.69, 9.17) is 0 Å². The van der Waals surface area contributed by atoms with E-state index >= 15 is 0 Å². The molecule has 6 heteroatoms. The van der Waals surface area contributed by atoms with Crippen molar-refractivity contribution in [3.8, 4) is 0 Å². The van der Waals surface area contributed by atoms with Crippen molar-refractivity contribution >= 4 is 18.2 Å². The average Bonchev–Trinajstić information content (AvgIpc) is 2.74. The van der Waals surface area contributed by atoms with Gasteiger partial charge in [0.25, 0.3) is 0 Å². The van der Waals surface area contributed by atoms with Crippen molar-refractivity contribution in [3.63, 3.8) is 0 Å². The molecule has 1 aliphatic heterocycles. The fourth-order valence-electron chi connectivity index (χ4n) is 4.53. The molecule has 3 rings (SSSR count). The number of piperazine rings is 1. The Bertz CT molecular complexity index is 559. The largest absolute Gasteiger partial charge is 0.356 e. The van der Waals surface area contributed by atoms with Gasteiger partial charge in [0.2, 0.25) is 18.2 Å². The normalized spacial score (nSPS) is 26.3. The van der Waals surface area contributed by atoms with Crippen molar-refractivity contribution < 1.29 is 14.4 Å². The Kier molecular flexibility index (Phi) is 7.30. The van der Waals surface area contributed by atoms with Crippen LogP contribution in [0, 0.1) is 11.8 Å². The number of nitrogens with zero attached hydrogens (tertiary/aromatic N) is 2. The number of nitrogens with one attached hydrogen (secondary N) is 1. The first kappa shape index (κ1) is 19.9. The van der Waals surface area contributed by atoms with Crippen LogP contribution >= 0.6 is 0 Å². The number of allylic oxidation sites excluding steroid dienone is 1. The van der Waals surface area contributed by atoms with Gasteiger partial charge in [-0.1, -0.05) is 11.6 Å². The molecule has 1 saturated heterocycles. The SMILES string of the molecule is O=CN1CCN(C(=O)C2CCC(C(=O)NCCC3=CCCCC3)CC2)CC1. The zero-order valence-corrected chi connectivity index (χ0v) is 16.3. The molecule has 3 aliphatic rings. The number of hydrogen-bond acceptors (Lipinski definition) is 3. The molecule has 150 valence electrons. The Balaban J connectivity index is 1.35. The molecule has 3 amide bonds. The predicted molar refractivity (Wildman–Crippen MR) is 104 cm³/mol. The third-order valence-electron chi connectivity index (χ3n) is 6.35. The van der Waals surface area contributed by atoms with Gasteiger partial charge in [-0.15, -0.1) is 0 Å². The molecule has 0 bridgehead atoms. The quantitative estimate of drug-likeness (QED) is 0.571. The van der Waals surface area contributed by atoms with Crippen molar-refractivity contribution in [2.24, 2.45) is 11.8 Å². The van der Waals surface area contributed by atoms with E-state index in [2.05, 4.69) is 11.4 Å². The minimum atomic E-state index is 0.0456. The highest BCUT2D eigenvalue weighted by atomic mass is 16.2. The Morgan fingerprint density at radius 2 is 1.74 bits per heavy atom. The van der Waals surface area contributed by atoms with E-state index in [0.717, 1.165) is 45.1 Å². The molecule has 0 unspecified atom stereocenters. The summed E-state index contributed by atoms with van der Waals surface area (Å²) in [6.07, 6.45) is 12.3. The molecule has 0 atom stereocenters. The first-order chi connectivity index (χ1) is 13.2. The van der Waals surface area contributed by atoms with Gasteiger partial charge in [-0.2, -0.15) is 0 Å². The summed E-state index contributed by atoms with van der Waals surface area (Å²) >= 11 is 0. The maximum Gasteiger partial charge on any atom is 0.225 e. The first-order valence-corrected chi connectivity index (χ1v) is 10.6. The maximum absolute atomic E-state index is 12.7. The summed E-state index contributed by atoms with van der Waals surface area (Å²) < 4.78 is 0. The van der Waals surface area contributed by atoms with Gasteiger partial charge in [0.15, 0.2) is 0 Å². The molecule has 0 aromatic carbocycles. The summed E-state index contributed by atoms with van der Waals surface area (Å²) in [4.78, 5) is 39.5. The fraction of sp³-hybridized carbons (Fsp3) is 0.762. The molecule has 6 nitrogen and oxygen atoms in total. The lowest BCUT2D eigenvalue weighted by Crippen LogP contribution is -2.50. The van der Waals surface area contributed by atoms with Gasteiger partial charge < -0.3 is 15.1 Å². The zero-order chi connectivity index (χ0) is 19.1. The Morgan fingerprint density at radius 1 is 1.04 bits per heavy atom. The first-order valence-electron chi connectivity index (χ1n) is 10.6. The second kappa shape index (κ2) is 9.90. The number of hydrogen-bond donors (Lipinski definition) is 1. The van der Waals surface area contributed by atoms with Crippen molar-refractivity contribution in [1.29, 1.82) is 0 Å². The lowest BCUT2D eigenvalue weighted by atomic mass is 9.80. The van der Waals surface area contributed by atoms with Crippen LogP contribution in [0.1, 0.15) is 57.8 Å².